The van der Waals surface area contributed by atoms with E-state index in [9.17, 15) is 9.59 Å². The van der Waals surface area contributed by atoms with E-state index in [1.165, 1.54) is 13.2 Å². The SMILES string of the molecule is COC(=O)C1CCN1c1cccc(C(=O)O)n1. The first-order valence-corrected chi connectivity index (χ1v) is 5.18. The van der Waals surface area contributed by atoms with Crippen molar-refractivity contribution in [3.63, 3.8) is 0 Å². The van der Waals surface area contributed by atoms with E-state index in [2.05, 4.69) is 9.72 Å². The van der Waals surface area contributed by atoms with Gasteiger partial charge in [-0.1, -0.05) is 6.07 Å². The molecular weight excluding hydrogens is 224 g/mol. The first-order chi connectivity index (χ1) is 8.13. The first kappa shape index (κ1) is 11.4. The number of aromatic nitrogens is 1. The lowest BCUT2D eigenvalue weighted by molar-refractivity contribution is -0.143. The smallest absolute Gasteiger partial charge is 0.354 e. The molecule has 1 aliphatic rings. The van der Waals surface area contributed by atoms with Crippen LogP contribution in [0.5, 0.6) is 0 Å². The molecule has 1 N–H and O–H groups in total. The fraction of sp³-hybridized carbons (Fsp3) is 0.364. The second-order valence-corrected chi connectivity index (χ2v) is 3.71. The van der Waals surface area contributed by atoms with Crippen LogP contribution in [-0.2, 0) is 9.53 Å². The molecule has 0 amide bonds. The van der Waals surface area contributed by atoms with Crippen LogP contribution in [0.3, 0.4) is 0 Å². The van der Waals surface area contributed by atoms with Crippen molar-refractivity contribution < 1.29 is 19.4 Å². The third-order valence-corrected chi connectivity index (χ3v) is 2.74. The molecule has 0 aromatic carbocycles. The maximum absolute atomic E-state index is 11.4. The number of anilines is 1. The largest absolute Gasteiger partial charge is 0.477 e. The molecule has 1 fully saturated rings. The molecular formula is C11H12N2O4. The van der Waals surface area contributed by atoms with E-state index in [0.29, 0.717) is 18.8 Å². The van der Waals surface area contributed by atoms with Gasteiger partial charge in [-0.25, -0.2) is 14.6 Å². The number of rotatable bonds is 3. The van der Waals surface area contributed by atoms with E-state index in [0.717, 1.165) is 0 Å². The Labute approximate surface area is 97.8 Å². The van der Waals surface area contributed by atoms with Crippen molar-refractivity contribution >= 4 is 17.8 Å². The highest BCUT2D eigenvalue weighted by Gasteiger charge is 2.36. The molecule has 6 heteroatoms. The van der Waals surface area contributed by atoms with E-state index >= 15 is 0 Å². The average molecular weight is 236 g/mol. The standard InChI is InChI=1S/C11H12N2O4/c1-17-11(16)8-5-6-13(8)9-4-2-3-7(12-9)10(14)15/h2-4,8H,5-6H2,1H3,(H,14,15). The normalized spacial score (nSPS) is 18.4. The van der Waals surface area contributed by atoms with Gasteiger partial charge in [-0.2, -0.15) is 0 Å². The van der Waals surface area contributed by atoms with Gasteiger partial charge in [0.05, 0.1) is 7.11 Å². The summed E-state index contributed by atoms with van der Waals surface area (Å²) in [5.41, 5.74) is -0.0296. The number of ether oxygens (including phenoxy) is 1. The van der Waals surface area contributed by atoms with Crippen LogP contribution < -0.4 is 4.90 Å². The summed E-state index contributed by atoms with van der Waals surface area (Å²) in [6.07, 6.45) is 0.700. The lowest BCUT2D eigenvalue weighted by Gasteiger charge is -2.39. The van der Waals surface area contributed by atoms with Crippen molar-refractivity contribution in [1.82, 2.24) is 4.98 Å². The molecule has 2 rings (SSSR count). The Morgan fingerprint density at radius 2 is 2.29 bits per heavy atom. The van der Waals surface area contributed by atoms with Gasteiger partial charge in [0.15, 0.2) is 5.69 Å². The maximum atomic E-state index is 11.4. The number of pyridine rings is 1. The number of carboxylic acids is 1. The molecule has 1 atom stereocenters. The van der Waals surface area contributed by atoms with Gasteiger partial charge in [0.2, 0.25) is 0 Å². The molecule has 0 spiro atoms. The molecule has 0 saturated carbocycles. The van der Waals surface area contributed by atoms with Crippen LogP contribution in [0.4, 0.5) is 5.82 Å². The number of nitrogens with zero attached hydrogens (tertiary/aromatic N) is 2. The second kappa shape index (κ2) is 4.40. The first-order valence-electron chi connectivity index (χ1n) is 5.18. The molecule has 1 aromatic rings. The predicted molar refractivity (Wildman–Crippen MR) is 59.0 cm³/mol. The van der Waals surface area contributed by atoms with Crippen molar-refractivity contribution in [1.29, 1.82) is 0 Å². The summed E-state index contributed by atoms with van der Waals surface area (Å²) in [5.74, 6) is -0.910. The third-order valence-electron chi connectivity index (χ3n) is 2.74. The zero-order valence-electron chi connectivity index (χ0n) is 9.29. The van der Waals surface area contributed by atoms with Gasteiger partial charge in [-0.05, 0) is 18.6 Å². The van der Waals surface area contributed by atoms with Crippen LogP contribution in [0, 0.1) is 0 Å². The topological polar surface area (TPSA) is 79.7 Å². The summed E-state index contributed by atoms with van der Waals surface area (Å²) in [4.78, 5) is 27.9. The predicted octanol–water partition coefficient (Wildman–Crippen LogP) is 0.532. The van der Waals surface area contributed by atoms with E-state index in [1.807, 2.05) is 0 Å². The molecule has 2 heterocycles. The number of carbonyl (C=O) groups is 2. The quantitative estimate of drug-likeness (QED) is 0.771. The van der Waals surface area contributed by atoms with Crippen molar-refractivity contribution in [3.05, 3.63) is 23.9 Å². The molecule has 90 valence electrons. The fourth-order valence-electron chi connectivity index (χ4n) is 1.74. The highest BCUT2D eigenvalue weighted by atomic mass is 16.5. The number of methoxy groups -OCH3 is 1. The number of esters is 1. The Kier molecular flexibility index (Phi) is 2.95. The molecule has 0 aliphatic carbocycles. The minimum atomic E-state index is -1.08. The second-order valence-electron chi connectivity index (χ2n) is 3.71. The van der Waals surface area contributed by atoms with E-state index in [-0.39, 0.29) is 17.7 Å². The Morgan fingerprint density at radius 3 is 2.82 bits per heavy atom. The monoisotopic (exact) mass is 236 g/mol. The Hall–Kier alpha value is -2.11. The van der Waals surface area contributed by atoms with Crippen molar-refractivity contribution in [2.75, 3.05) is 18.6 Å². The van der Waals surface area contributed by atoms with Crippen LogP contribution in [0.1, 0.15) is 16.9 Å². The van der Waals surface area contributed by atoms with Crippen LogP contribution in [-0.4, -0.2) is 41.7 Å². The lowest BCUT2D eigenvalue weighted by Crippen LogP contribution is -2.53. The lowest BCUT2D eigenvalue weighted by atomic mass is 10.0. The van der Waals surface area contributed by atoms with Gasteiger partial charge in [0.1, 0.15) is 11.9 Å². The number of carbonyl (C=O) groups excluding carboxylic acids is 1. The van der Waals surface area contributed by atoms with Crippen molar-refractivity contribution in [2.45, 2.75) is 12.5 Å². The van der Waals surface area contributed by atoms with Gasteiger partial charge in [0.25, 0.3) is 0 Å². The van der Waals surface area contributed by atoms with Crippen molar-refractivity contribution in [3.8, 4) is 0 Å². The highest BCUT2D eigenvalue weighted by molar-refractivity contribution is 5.86. The summed E-state index contributed by atoms with van der Waals surface area (Å²) in [7, 11) is 1.33. The molecule has 17 heavy (non-hydrogen) atoms. The number of aromatic carboxylic acids is 1. The molecule has 1 aromatic heterocycles. The Bertz CT molecular complexity index is 461. The van der Waals surface area contributed by atoms with Crippen LogP contribution >= 0.6 is 0 Å². The van der Waals surface area contributed by atoms with Gasteiger partial charge in [-0.15, -0.1) is 0 Å². The number of hydrogen-bond donors (Lipinski definition) is 1. The van der Waals surface area contributed by atoms with E-state index < -0.39 is 5.97 Å². The Balaban J connectivity index is 2.20. The number of carboxylic acid groups (broad SMARTS) is 1. The average Bonchev–Trinajstić information content (AvgIpc) is 2.27. The summed E-state index contributed by atoms with van der Waals surface area (Å²) in [6, 6.07) is 4.36. The summed E-state index contributed by atoms with van der Waals surface area (Å²) >= 11 is 0. The van der Waals surface area contributed by atoms with Crippen molar-refractivity contribution in [2.24, 2.45) is 0 Å². The van der Waals surface area contributed by atoms with E-state index in [4.69, 9.17) is 5.11 Å². The molecule has 0 bridgehead atoms. The maximum Gasteiger partial charge on any atom is 0.354 e. The van der Waals surface area contributed by atoms with Gasteiger partial charge in [-0.3, -0.25) is 0 Å². The van der Waals surface area contributed by atoms with Crippen LogP contribution in [0.25, 0.3) is 0 Å². The summed E-state index contributed by atoms with van der Waals surface area (Å²) in [5, 5.41) is 8.83. The molecule has 1 unspecified atom stereocenters. The summed E-state index contributed by atoms with van der Waals surface area (Å²) in [6.45, 7) is 0.676. The molecule has 6 nitrogen and oxygen atoms in total. The minimum absolute atomic E-state index is 0.0296. The van der Waals surface area contributed by atoms with Gasteiger partial charge < -0.3 is 14.7 Å². The highest BCUT2D eigenvalue weighted by Crippen LogP contribution is 2.25. The zero-order chi connectivity index (χ0) is 12.4. The molecule has 1 saturated heterocycles. The zero-order valence-corrected chi connectivity index (χ0v) is 9.29. The van der Waals surface area contributed by atoms with Crippen LogP contribution in [0.2, 0.25) is 0 Å². The fourth-order valence-corrected chi connectivity index (χ4v) is 1.74. The van der Waals surface area contributed by atoms with E-state index in [1.54, 1.807) is 17.0 Å². The number of hydrogen-bond acceptors (Lipinski definition) is 5. The Morgan fingerprint density at radius 1 is 1.53 bits per heavy atom. The van der Waals surface area contributed by atoms with Gasteiger partial charge >= 0.3 is 11.9 Å². The van der Waals surface area contributed by atoms with Crippen LogP contribution in [0.15, 0.2) is 18.2 Å². The minimum Gasteiger partial charge on any atom is -0.477 e. The summed E-state index contributed by atoms with van der Waals surface area (Å²) < 4.78 is 4.66. The van der Waals surface area contributed by atoms with Gasteiger partial charge in [0, 0.05) is 6.54 Å². The third kappa shape index (κ3) is 2.06. The molecule has 0 radical (unpaired) electrons. The molecule has 1 aliphatic heterocycles.